The third-order valence-electron chi connectivity index (χ3n) is 2.38. The van der Waals surface area contributed by atoms with E-state index < -0.39 is 18.0 Å². The fourth-order valence-electron chi connectivity index (χ4n) is 1.27. The monoisotopic (exact) mass is 406 g/mol. The zero-order chi connectivity index (χ0) is 15.3. The zero-order valence-corrected chi connectivity index (χ0v) is 12.3. The Kier molecular flexibility index (Phi) is 7.11. The molecule has 0 saturated heterocycles. The molecule has 0 amide bonds. The number of rotatable bonds is 7. The van der Waals surface area contributed by atoms with E-state index in [2.05, 4.69) is 0 Å². The van der Waals surface area contributed by atoms with Gasteiger partial charge in [-0.2, -0.15) is 30.7 Å². The van der Waals surface area contributed by atoms with Crippen molar-refractivity contribution in [3.05, 3.63) is 9.66 Å². The second-order valence-corrected chi connectivity index (χ2v) is 5.48. The molecule has 8 heteroatoms. The van der Waals surface area contributed by atoms with Crippen LogP contribution in [0.2, 0.25) is 0 Å². The lowest BCUT2D eigenvalue weighted by molar-refractivity contribution is -0.341. The molecule has 0 aromatic heterocycles. The maximum absolute atomic E-state index is 13.0. The molecule has 0 atom stereocenters. The number of hydrogen-bond acceptors (Lipinski definition) is 0. The number of halogens is 8. The minimum atomic E-state index is -6.27. The Bertz CT molecular complexity index is 307. The highest BCUT2D eigenvalue weighted by Crippen LogP contribution is 2.48. The molecule has 0 rings (SSSR count). The third-order valence-corrected chi connectivity index (χ3v) is 3.23. The van der Waals surface area contributed by atoms with Crippen LogP contribution in [0.4, 0.5) is 30.7 Å². The molecule has 0 bridgehead atoms. The molecular weight excluding hydrogens is 392 g/mol. The van der Waals surface area contributed by atoms with Crippen LogP contribution >= 0.6 is 22.6 Å². The molecule has 114 valence electrons. The molecular formula is C11H14F7I. The maximum Gasteiger partial charge on any atom is 0.460 e. The van der Waals surface area contributed by atoms with Gasteiger partial charge < -0.3 is 0 Å². The first-order valence-electron chi connectivity index (χ1n) is 5.65. The van der Waals surface area contributed by atoms with Crippen molar-refractivity contribution in [3.63, 3.8) is 0 Å². The first-order chi connectivity index (χ1) is 8.45. The summed E-state index contributed by atoms with van der Waals surface area (Å²) in [6.07, 6.45) is -3.51. The highest BCUT2D eigenvalue weighted by molar-refractivity contribution is 14.1. The standard InChI is InChI=1S/C11H14F7I/c1-2-3-4-5-6-8(19)7-9(12,13)10(14,15)11(16,17)18/h7H,2-6H2,1H3. The Hall–Kier alpha value is -0.0200. The van der Waals surface area contributed by atoms with Gasteiger partial charge in [0, 0.05) is 6.08 Å². The summed E-state index contributed by atoms with van der Waals surface area (Å²) in [6, 6.07) is 0. The van der Waals surface area contributed by atoms with Crippen LogP contribution in [-0.4, -0.2) is 18.0 Å². The van der Waals surface area contributed by atoms with Gasteiger partial charge in [0.05, 0.1) is 0 Å². The average molecular weight is 406 g/mol. The summed E-state index contributed by atoms with van der Waals surface area (Å²) in [4.78, 5) is 0. The van der Waals surface area contributed by atoms with Gasteiger partial charge in [-0.25, -0.2) is 0 Å². The molecule has 0 nitrogen and oxygen atoms in total. The van der Waals surface area contributed by atoms with Crippen LogP contribution in [0.1, 0.15) is 39.0 Å². The zero-order valence-electron chi connectivity index (χ0n) is 10.1. The van der Waals surface area contributed by atoms with Crippen molar-refractivity contribution in [2.75, 3.05) is 0 Å². The SMILES string of the molecule is CCCCCCC(I)=CC(F)(F)C(F)(F)C(F)(F)F. The van der Waals surface area contributed by atoms with Crippen LogP contribution in [0.25, 0.3) is 0 Å². The maximum atomic E-state index is 13.0. The van der Waals surface area contributed by atoms with Crippen LogP contribution in [-0.2, 0) is 0 Å². The minimum Gasteiger partial charge on any atom is -0.195 e. The number of alkyl halides is 7. The largest absolute Gasteiger partial charge is 0.460 e. The van der Waals surface area contributed by atoms with Crippen LogP contribution in [0.3, 0.4) is 0 Å². The summed E-state index contributed by atoms with van der Waals surface area (Å²) >= 11 is 1.37. The molecule has 0 aliphatic carbocycles. The molecule has 0 aliphatic heterocycles. The normalized spacial score (nSPS) is 14.9. The summed E-state index contributed by atoms with van der Waals surface area (Å²) in [5.41, 5.74) is 0. The number of hydrogen-bond donors (Lipinski definition) is 0. The highest BCUT2D eigenvalue weighted by Gasteiger charge is 2.72. The predicted molar refractivity (Wildman–Crippen MR) is 66.8 cm³/mol. The summed E-state index contributed by atoms with van der Waals surface area (Å²) in [5, 5.41) is 0. The molecule has 0 unspecified atom stereocenters. The molecule has 0 spiro atoms. The summed E-state index contributed by atoms with van der Waals surface area (Å²) in [7, 11) is 0. The molecule has 0 N–H and O–H groups in total. The molecule has 0 aromatic carbocycles. The molecule has 0 heterocycles. The van der Waals surface area contributed by atoms with Crippen molar-refractivity contribution in [2.45, 2.75) is 57.0 Å². The molecule has 0 radical (unpaired) electrons. The Morgan fingerprint density at radius 3 is 1.89 bits per heavy atom. The lowest BCUT2D eigenvalue weighted by Crippen LogP contribution is -2.50. The van der Waals surface area contributed by atoms with Gasteiger partial charge in [0.15, 0.2) is 0 Å². The molecule has 0 aromatic rings. The van der Waals surface area contributed by atoms with Gasteiger partial charge in [0.25, 0.3) is 0 Å². The lowest BCUT2D eigenvalue weighted by Gasteiger charge is -2.26. The fourth-order valence-corrected chi connectivity index (χ4v) is 2.04. The fraction of sp³-hybridized carbons (Fsp3) is 0.818. The molecule has 0 fully saturated rings. The van der Waals surface area contributed by atoms with Gasteiger partial charge >= 0.3 is 18.0 Å². The van der Waals surface area contributed by atoms with E-state index in [1.54, 1.807) is 0 Å². The second-order valence-electron chi connectivity index (χ2n) is 4.10. The second kappa shape index (κ2) is 7.12. The van der Waals surface area contributed by atoms with Gasteiger partial charge in [-0.05, 0) is 39.0 Å². The van der Waals surface area contributed by atoms with Crippen LogP contribution in [0.15, 0.2) is 9.66 Å². The Morgan fingerprint density at radius 1 is 0.947 bits per heavy atom. The minimum absolute atomic E-state index is 0.0735. The van der Waals surface area contributed by atoms with E-state index >= 15 is 0 Å². The number of allylic oxidation sites excluding steroid dienone is 2. The van der Waals surface area contributed by atoms with Crippen LogP contribution in [0, 0.1) is 0 Å². The van der Waals surface area contributed by atoms with Crippen molar-refractivity contribution in [1.82, 2.24) is 0 Å². The van der Waals surface area contributed by atoms with Gasteiger partial charge in [-0.1, -0.05) is 26.2 Å². The van der Waals surface area contributed by atoms with E-state index in [1.165, 1.54) is 22.6 Å². The topological polar surface area (TPSA) is 0 Å². The van der Waals surface area contributed by atoms with Gasteiger partial charge in [0.1, 0.15) is 0 Å². The average Bonchev–Trinajstić information content (AvgIpc) is 2.22. The quantitative estimate of drug-likeness (QED) is 0.272. The van der Waals surface area contributed by atoms with Crippen LogP contribution in [0.5, 0.6) is 0 Å². The summed E-state index contributed by atoms with van der Waals surface area (Å²) in [5.74, 6) is -11.3. The summed E-state index contributed by atoms with van der Waals surface area (Å²) in [6.45, 7) is 1.93. The molecule has 19 heavy (non-hydrogen) atoms. The van der Waals surface area contributed by atoms with E-state index in [4.69, 9.17) is 0 Å². The van der Waals surface area contributed by atoms with Gasteiger partial charge in [-0.3, -0.25) is 0 Å². The first kappa shape index (κ1) is 19.0. The Labute approximate surface area is 120 Å². The smallest absolute Gasteiger partial charge is 0.195 e. The lowest BCUT2D eigenvalue weighted by atomic mass is 10.1. The van der Waals surface area contributed by atoms with Crippen LogP contribution < -0.4 is 0 Å². The van der Waals surface area contributed by atoms with Crippen molar-refractivity contribution >= 4 is 22.6 Å². The van der Waals surface area contributed by atoms with E-state index in [0.29, 0.717) is 6.42 Å². The van der Waals surface area contributed by atoms with E-state index in [9.17, 15) is 30.7 Å². The van der Waals surface area contributed by atoms with E-state index in [-0.39, 0.29) is 16.1 Å². The number of unbranched alkanes of at least 4 members (excludes halogenated alkanes) is 3. The Balaban J connectivity index is 4.73. The highest BCUT2D eigenvalue weighted by atomic mass is 127. The van der Waals surface area contributed by atoms with E-state index in [1.807, 2.05) is 6.92 Å². The summed E-state index contributed by atoms with van der Waals surface area (Å²) < 4.78 is 86.5. The van der Waals surface area contributed by atoms with Gasteiger partial charge in [-0.15, -0.1) is 0 Å². The Morgan fingerprint density at radius 2 is 1.47 bits per heavy atom. The van der Waals surface area contributed by atoms with Gasteiger partial charge in [0.2, 0.25) is 0 Å². The molecule has 0 saturated carbocycles. The first-order valence-corrected chi connectivity index (χ1v) is 6.73. The van der Waals surface area contributed by atoms with E-state index in [0.717, 1.165) is 19.3 Å². The molecule has 0 aliphatic rings. The van der Waals surface area contributed by atoms with Crippen molar-refractivity contribution in [2.24, 2.45) is 0 Å². The van der Waals surface area contributed by atoms with Crippen molar-refractivity contribution in [3.8, 4) is 0 Å². The van der Waals surface area contributed by atoms with Crippen molar-refractivity contribution in [1.29, 1.82) is 0 Å². The predicted octanol–water partition coefficient (Wildman–Crippen LogP) is 6.11. The third kappa shape index (κ3) is 5.47. The van der Waals surface area contributed by atoms with Crippen molar-refractivity contribution < 1.29 is 30.7 Å².